The van der Waals surface area contributed by atoms with E-state index in [9.17, 15) is 14.4 Å². The predicted molar refractivity (Wildman–Crippen MR) is 138 cm³/mol. The van der Waals surface area contributed by atoms with Crippen LogP contribution in [0.3, 0.4) is 0 Å². The number of esters is 1. The van der Waals surface area contributed by atoms with Crippen LogP contribution in [0.1, 0.15) is 38.8 Å². The van der Waals surface area contributed by atoms with Gasteiger partial charge in [0.25, 0.3) is 11.8 Å². The molecule has 0 saturated carbocycles. The zero-order valence-electron chi connectivity index (χ0n) is 19.5. The van der Waals surface area contributed by atoms with Crippen molar-refractivity contribution in [2.75, 3.05) is 13.2 Å². The van der Waals surface area contributed by atoms with Gasteiger partial charge < -0.3 is 14.8 Å². The molecule has 2 N–H and O–H groups in total. The van der Waals surface area contributed by atoms with Crippen LogP contribution in [0.25, 0.3) is 0 Å². The molecule has 0 bridgehead atoms. The van der Waals surface area contributed by atoms with Crippen molar-refractivity contribution >= 4 is 47.2 Å². The first-order chi connectivity index (χ1) is 17.3. The SMILES string of the molecule is CCOc1cc(/C=N\NC(=O)CNC(=O)c2cccc(C)c2)ccc1OC(=O)c1ccc(Cl)cc1Cl. The number of carbonyl (C=O) groups is 3. The molecule has 0 radical (unpaired) electrons. The first-order valence-electron chi connectivity index (χ1n) is 10.9. The Morgan fingerprint density at radius 2 is 1.81 bits per heavy atom. The molecule has 3 rings (SSSR count). The van der Waals surface area contributed by atoms with Gasteiger partial charge in [0.05, 0.1) is 30.0 Å². The van der Waals surface area contributed by atoms with Gasteiger partial charge in [-0.05, 0) is 67.9 Å². The van der Waals surface area contributed by atoms with Gasteiger partial charge >= 0.3 is 5.97 Å². The molecule has 0 aliphatic heterocycles. The third-order valence-corrected chi connectivity index (χ3v) is 5.26. The Kier molecular flexibility index (Phi) is 9.44. The molecule has 0 unspecified atom stereocenters. The van der Waals surface area contributed by atoms with Crippen molar-refractivity contribution in [1.29, 1.82) is 0 Å². The molecule has 36 heavy (non-hydrogen) atoms. The highest BCUT2D eigenvalue weighted by atomic mass is 35.5. The fourth-order valence-electron chi connectivity index (χ4n) is 3.03. The zero-order valence-corrected chi connectivity index (χ0v) is 21.0. The van der Waals surface area contributed by atoms with Crippen molar-refractivity contribution in [3.63, 3.8) is 0 Å². The molecule has 0 saturated heterocycles. The summed E-state index contributed by atoms with van der Waals surface area (Å²) in [6, 6.07) is 16.3. The topological polar surface area (TPSA) is 106 Å². The van der Waals surface area contributed by atoms with E-state index in [2.05, 4.69) is 15.8 Å². The summed E-state index contributed by atoms with van der Waals surface area (Å²) >= 11 is 12.0. The molecule has 2 amide bonds. The van der Waals surface area contributed by atoms with Crippen LogP contribution in [-0.4, -0.2) is 37.1 Å². The number of amides is 2. The van der Waals surface area contributed by atoms with Crippen molar-refractivity contribution in [3.05, 3.63) is 93.0 Å². The van der Waals surface area contributed by atoms with E-state index in [4.69, 9.17) is 32.7 Å². The Bertz CT molecular complexity index is 1310. The van der Waals surface area contributed by atoms with E-state index in [-0.39, 0.29) is 28.8 Å². The summed E-state index contributed by atoms with van der Waals surface area (Å²) < 4.78 is 11.0. The summed E-state index contributed by atoms with van der Waals surface area (Å²) in [6.07, 6.45) is 1.39. The molecule has 0 atom stereocenters. The van der Waals surface area contributed by atoms with E-state index < -0.39 is 11.9 Å². The Morgan fingerprint density at radius 1 is 1.00 bits per heavy atom. The van der Waals surface area contributed by atoms with Gasteiger partial charge in [-0.2, -0.15) is 5.10 Å². The molecule has 10 heteroatoms. The lowest BCUT2D eigenvalue weighted by Crippen LogP contribution is -2.34. The number of benzene rings is 3. The summed E-state index contributed by atoms with van der Waals surface area (Å²) in [5.74, 6) is -1.03. The second-order valence-electron chi connectivity index (χ2n) is 7.50. The summed E-state index contributed by atoms with van der Waals surface area (Å²) in [6.45, 7) is 3.75. The highest BCUT2D eigenvalue weighted by Crippen LogP contribution is 2.30. The standard InChI is InChI=1S/C26H23Cl2N3O5/c1-3-35-23-12-17(7-10-22(23)36-26(34)20-9-8-19(27)13-21(20)28)14-30-31-24(32)15-29-25(33)18-6-4-5-16(2)11-18/h4-14H,3,15H2,1-2H3,(H,29,33)(H,31,32)/b30-14-. The lowest BCUT2D eigenvalue weighted by Gasteiger charge is -2.12. The molecule has 0 spiro atoms. The van der Waals surface area contributed by atoms with Crippen molar-refractivity contribution in [2.45, 2.75) is 13.8 Å². The van der Waals surface area contributed by atoms with Gasteiger partial charge in [0.1, 0.15) is 0 Å². The maximum Gasteiger partial charge on any atom is 0.345 e. The minimum atomic E-state index is -0.668. The van der Waals surface area contributed by atoms with Crippen molar-refractivity contribution in [2.24, 2.45) is 5.10 Å². The summed E-state index contributed by atoms with van der Waals surface area (Å²) in [5, 5.41) is 7.00. The molecule has 0 aliphatic carbocycles. The Labute approximate surface area is 218 Å². The molecular formula is C26H23Cl2N3O5. The zero-order chi connectivity index (χ0) is 26.1. The van der Waals surface area contributed by atoms with Crippen LogP contribution >= 0.6 is 23.2 Å². The fourth-order valence-corrected chi connectivity index (χ4v) is 3.52. The number of halogens is 2. The molecule has 3 aromatic rings. The van der Waals surface area contributed by atoms with Crippen molar-refractivity contribution in [3.8, 4) is 11.5 Å². The number of nitrogens with one attached hydrogen (secondary N) is 2. The van der Waals surface area contributed by atoms with Crippen LogP contribution in [-0.2, 0) is 4.79 Å². The number of aryl methyl sites for hydroxylation is 1. The molecule has 0 aliphatic rings. The van der Waals surface area contributed by atoms with Crippen LogP contribution in [0.15, 0.2) is 65.8 Å². The Hall–Kier alpha value is -3.88. The van der Waals surface area contributed by atoms with Crippen LogP contribution in [0, 0.1) is 6.92 Å². The second kappa shape index (κ2) is 12.7. The van der Waals surface area contributed by atoms with E-state index in [0.29, 0.717) is 28.5 Å². The lowest BCUT2D eigenvalue weighted by atomic mass is 10.1. The van der Waals surface area contributed by atoms with E-state index in [1.54, 1.807) is 37.3 Å². The summed E-state index contributed by atoms with van der Waals surface area (Å²) in [5.41, 5.74) is 4.49. The minimum absolute atomic E-state index is 0.159. The average molecular weight is 528 g/mol. The van der Waals surface area contributed by atoms with Crippen molar-refractivity contribution in [1.82, 2.24) is 10.7 Å². The van der Waals surface area contributed by atoms with Crippen LogP contribution in [0.5, 0.6) is 11.5 Å². The quantitative estimate of drug-likeness (QED) is 0.180. The van der Waals surface area contributed by atoms with Gasteiger partial charge in [0.2, 0.25) is 0 Å². The largest absolute Gasteiger partial charge is 0.490 e. The Balaban J connectivity index is 1.59. The number of hydrazone groups is 1. The highest BCUT2D eigenvalue weighted by Gasteiger charge is 2.16. The first kappa shape index (κ1) is 26.7. The summed E-state index contributed by atoms with van der Waals surface area (Å²) in [4.78, 5) is 36.7. The van der Waals surface area contributed by atoms with Gasteiger partial charge in [0, 0.05) is 10.6 Å². The highest BCUT2D eigenvalue weighted by molar-refractivity contribution is 6.36. The molecule has 3 aromatic carbocycles. The lowest BCUT2D eigenvalue weighted by molar-refractivity contribution is -0.120. The van der Waals surface area contributed by atoms with Crippen molar-refractivity contribution < 1.29 is 23.9 Å². The Morgan fingerprint density at radius 3 is 2.53 bits per heavy atom. The molecule has 0 aromatic heterocycles. The number of nitrogens with zero attached hydrogens (tertiary/aromatic N) is 1. The van der Waals surface area contributed by atoms with Gasteiger partial charge in [-0.15, -0.1) is 0 Å². The maximum atomic E-state index is 12.5. The van der Waals surface area contributed by atoms with E-state index in [1.807, 2.05) is 13.0 Å². The molecule has 0 heterocycles. The van der Waals surface area contributed by atoms with Gasteiger partial charge in [-0.25, -0.2) is 10.2 Å². The average Bonchev–Trinajstić information content (AvgIpc) is 2.84. The van der Waals surface area contributed by atoms with E-state index in [1.165, 1.54) is 30.5 Å². The number of carbonyl (C=O) groups excluding carboxylic acids is 3. The summed E-state index contributed by atoms with van der Waals surface area (Å²) in [7, 11) is 0. The van der Waals surface area contributed by atoms with Gasteiger partial charge in [-0.3, -0.25) is 9.59 Å². The molecule has 8 nitrogen and oxygen atoms in total. The monoisotopic (exact) mass is 527 g/mol. The smallest absolute Gasteiger partial charge is 0.345 e. The van der Waals surface area contributed by atoms with Gasteiger partial charge in [-0.1, -0.05) is 40.9 Å². The minimum Gasteiger partial charge on any atom is -0.490 e. The predicted octanol–water partition coefficient (Wildman–Crippen LogP) is 4.80. The molecular weight excluding hydrogens is 505 g/mol. The molecule has 0 fully saturated rings. The van der Waals surface area contributed by atoms with Crippen LogP contribution in [0.2, 0.25) is 10.0 Å². The van der Waals surface area contributed by atoms with E-state index >= 15 is 0 Å². The van der Waals surface area contributed by atoms with Crippen LogP contribution < -0.4 is 20.2 Å². The molecule has 186 valence electrons. The first-order valence-corrected chi connectivity index (χ1v) is 11.6. The third-order valence-electron chi connectivity index (χ3n) is 4.71. The number of rotatable bonds is 9. The third kappa shape index (κ3) is 7.56. The maximum absolute atomic E-state index is 12.5. The van der Waals surface area contributed by atoms with Gasteiger partial charge in [0.15, 0.2) is 11.5 Å². The van der Waals surface area contributed by atoms with Crippen LogP contribution in [0.4, 0.5) is 0 Å². The normalized spacial score (nSPS) is 10.7. The number of hydrogen-bond donors (Lipinski definition) is 2. The number of hydrogen-bond acceptors (Lipinski definition) is 6. The fraction of sp³-hybridized carbons (Fsp3) is 0.154. The number of ether oxygens (including phenoxy) is 2. The van der Waals surface area contributed by atoms with E-state index in [0.717, 1.165) is 5.56 Å². The second-order valence-corrected chi connectivity index (χ2v) is 8.34.